The fourth-order valence-corrected chi connectivity index (χ4v) is 4.39. The number of aryl methyl sites for hydroxylation is 1. The lowest BCUT2D eigenvalue weighted by Gasteiger charge is -2.28. The van der Waals surface area contributed by atoms with Crippen molar-refractivity contribution in [3.05, 3.63) is 46.7 Å². The second-order valence-electron chi connectivity index (χ2n) is 6.72. The molecule has 4 rings (SSSR count). The number of hydrogen-bond donors (Lipinski definition) is 1. The molecule has 0 saturated carbocycles. The van der Waals surface area contributed by atoms with Crippen LogP contribution in [0.3, 0.4) is 0 Å². The summed E-state index contributed by atoms with van der Waals surface area (Å²) in [5, 5.41) is 7.97. The molecule has 2 aromatic rings. The highest BCUT2D eigenvalue weighted by molar-refractivity contribution is 6.33. The largest absolute Gasteiger partial charge is 0.497 e. The zero-order valence-corrected chi connectivity index (χ0v) is 16.3. The van der Waals surface area contributed by atoms with Crippen molar-refractivity contribution in [1.29, 1.82) is 0 Å². The van der Waals surface area contributed by atoms with E-state index in [9.17, 15) is 4.79 Å². The molecule has 2 fully saturated rings. The van der Waals surface area contributed by atoms with Gasteiger partial charge in [-0.3, -0.25) is 9.48 Å². The smallest absolute Gasteiger partial charge is 0.274 e. The Labute approximate surface area is 163 Å². The zero-order chi connectivity index (χ0) is 17.6. The van der Waals surface area contributed by atoms with Crippen molar-refractivity contribution >= 4 is 29.9 Å². The Kier molecular flexibility index (Phi) is 5.46. The molecule has 3 atom stereocenters. The van der Waals surface area contributed by atoms with Crippen molar-refractivity contribution in [3.63, 3.8) is 0 Å². The maximum absolute atomic E-state index is 13.2. The standard InChI is InChI=1S/C18H21ClN4O2.ClH/c1-22-17(15(19)9-21-22)18(24)23-10-12-7-20-8-14(12)16(23)11-3-5-13(25-2)6-4-11;/h3-6,9,12,14,16,20H,7-8,10H2,1-2H3;1H/t12-,14-,16-;/m0./s1. The Bertz CT molecular complexity index is 773. The predicted octanol–water partition coefficient (Wildman–Crippen LogP) is 2.54. The Morgan fingerprint density at radius 1 is 1.31 bits per heavy atom. The van der Waals surface area contributed by atoms with Gasteiger partial charge in [-0.1, -0.05) is 23.7 Å². The molecule has 26 heavy (non-hydrogen) atoms. The fraction of sp³-hybridized carbons (Fsp3) is 0.444. The molecule has 8 heteroatoms. The van der Waals surface area contributed by atoms with E-state index in [2.05, 4.69) is 22.5 Å². The van der Waals surface area contributed by atoms with Gasteiger partial charge in [-0.05, 0) is 23.6 Å². The highest BCUT2D eigenvalue weighted by Crippen LogP contribution is 2.43. The molecule has 1 aromatic carbocycles. The maximum Gasteiger partial charge on any atom is 0.274 e. The second-order valence-corrected chi connectivity index (χ2v) is 7.13. The van der Waals surface area contributed by atoms with Crippen LogP contribution in [0.2, 0.25) is 5.02 Å². The average Bonchev–Trinajstić information content (AvgIpc) is 3.29. The van der Waals surface area contributed by atoms with E-state index in [1.54, 1.807) is 18.8 Å². The van der Waals surface area contributed by atoms with Crippen LogP contribution in [0.5, 0.6) is 5.75 Å². The predicted molar refractivity (Wildman–Crippen MR) is 102 cm³/mol. The third-order valence-corrected chi connectivity index (χ3v) is 5.66. The molecule has 0 aliphatic carbocycles. The molecule has 1 N–H and O–H groups in total. The number of ether oxygens (including phenoxy) is 1. The van der Waals surface area contributed by atoms with Crippen molar-refractivity contribution in [2.24, 2.45) is 18.9 Å². The molecule has 1 amide bonds. The summed E-state index contributed by atoms with van der Waals surface area (Å²) in [5.74, 6) is 1.63. The van der Waals surface area contributed by atoms with Gasteiger partial charge in [-0.15, -0.1) is 12.4 Å². The number of fused-ring (bicyclic) bond motifs is 1. The number of aromatic nitrogens is 2. The van der Waals surface area contributed by atoms with Gasteiger partial charge in [0.1, 0.15) is 11.4 Å². The van der Waals surface area contributed by atoms with E-state index in [4.69, 9.17) is 16.3 Å². The number of hydrogen-bond acceptors (Lipinski definition) is 4. The third kappa shape index (κ3) is 3.06. The molecule has 2 aliphatic rings. The van der Waals surface area contributed by atoms with Crippen molar-refractivity contribution < 1.29 is 9.53 Å². The van der Waals surface area contributed by atoms with Crippen molar-refractivity contribution in [1.82, 2.24) is 20.0 Å². The highest BCUT2D eigenvalue weighted by atomic mass is 35.5. The van der Waals surface area contributed by atoms with Crippen LogP contribution in [0.4, 0.5) is 0 Å². The number of halogens is 2. The fourth-order valence-electron chi connectivity index (χ4n) is 4.14. The van der Waals surface area contributed by atoms with Crippen LogP contribution in [-0.2, 0) is 7.05 Å². The van der Waals surface area contributed by atoms with E-state index in [0.29, 0.717) is 22.6 Å². The van der Waals surface area contributed by atoms with Crippen LogP contribution < -0.4 is 10.1 Å². The minimum Gasteiger partial charge on any atom is -0.497 e. The van der Waals surface area contributed by atoms with Crippen molar-refractivity contribution in [2.75, 3.05) is 26.7 Å². The number of benzene rings is 1. The van der Waals surface area contributed by atoms with Gasteiger partial charge >= 0.3 is 0 Å². The monoisotopic (exact) mass is 396 g/mol. The molecule has 3 heterocycles. The summed E-state index contributed by atoms with van der Waals surface area (Å²) >= 11 is 6.21. The Hall–Kier alpha value is -1.76. The van der Waals surface area contributed by atoms with Gasteiger partial charge in [0, 0.05) is 32.6 Å². The highest BCUT2D eigenvalue weighted by Gasteiger charge is 2.47. The summed E-state index contributed by atoms with van der Waals surface area (Å²) in [4.78, 5) is 15.2. The average molecular weight is 397 g/mol. The minimum atomic E-state index is -0.0554. The Morgan fingerprint density at radius 3 is 2.65 bits per heavy atom. The van der Waals surface area contributed by atoms with Crippen LogP contribution in [0, 0.1) is 11.8 Å². The number of carbonyl (C=O) groups is 1. The lowest BCUT2D eigenvalue weighted by molar-refractivity contribution is 0.0703. The van der Waals surface area contributed by atoms with E-state index < -0.39 is 0 Å². The van der Waals surface area contributed by atoms with Crippen LogP contribution in [0.25, 0.3) is 0 Å². The first-order valence-corrected chi connectivity index (χ1v) is 8.81. The van der Waals surface area contributed by atoms with Crippen LogP contribution in [0.1, 0.15) is 22.1 Å². The zero-order valence-electron chi connectivity index (χ0n) is 14.7. The molecule has 0 bridgehead atoms. The number of nitrogens with one attached hydrogen (secondary N) is 1. The van der Waals surface area contributed by atoms with E-state index in [1.807, 2.05) is 17.0 Å². The van der Waals surface area contributed by atoms with Crippen molar-refractivity contribution in [2.45, 2.75) is 6.04 Å². The molecular weight excluding hydrogens is 375 g/mol. The molecule has 2 aliphatic heterocycles. The van der Waals surface area contributed by atoms with E-state index >= 15 is 0 Å². The SMILES string of the molecule is COc1ccc([C@H]2[C@H]3CNC[C@H]3CN2C(=O)c2c(Cl)cnn2C)cc1.Cl. The number of rotatable bonds is 3. The molecular formula is C18H22Cl2N4O2. The molecule has 6 nitrogen and oxygen atoms in total. The molecule has 0 unspecified atom stereocenters. The van der Waals surface area contributed by atoms with Gasteiger partial charge in [-0.2, -0.15) is 5.10 Å². The van der Waals surface area contributed by atoms with Crippen molar-refractivity contribution in [3.8, 4) is 5.75 Å². The number of likely N-dealkylation sites (tertiary alicyclic amines) is 1. The summed E-state index contributed by atoms with van der Waals surface area (Å²) in [7, 11) is 3.40. The first-order chi connectivity index (χ1) is 12.1. The van der Waals surface area contributed by atoms with Gasteiger partial charge < -0.3 is 15.0 Å². The summed E-state index contributed by atoms with van der Waals surface area (Å²) in [6.07, 6.45) is 1.52. The molecule has 0 spiro atoms. The van der Waals surface area contributed by atoms with Crippen LogP contribution >= 0.6 is 24.0 Å². The van der Waals surface area contributed by atoms with Gasteiger partial charge in [0.05, 0.1) is 24.4 Å². The quantitative estimate of drug-likeness (QED) is 0.865. The third-order valence-electron chi connectivity index (χ3n) is 5.38. The Balaban J connectivity index is 0.00000196. The normalized spacial score (nSPS) is 24.3. The topological polar surface area (TPSA) is 59.4 Å². The Morgan fingerprint density at radius 2 is 2.04 bits per heavy atom. The van der Waals surface area contributed by atoms with E-state index in [0.717, 1.165) is 30.9 Å². The van der Waals surface area contributed by atoms with Gasteiger partial charge in [-0.25, -0.2) is 0 Å². The summed E-state index contributed by atoms with van der Waals surface area (Å²) < 4.78 is 6.82. The number of methoxy groups -OCH3 is 1. The number of carbonyl (C=O) groups excluding carboxylic acids is 1. The summed E-state index contributed by atoms with van der Waals surface area (Å²) in [5.41, 5.74) is 1.58. The maximum atomic E-state index is 13.2. The first kappa shape index (κ1) is 19.0. The summed E-state index contributed by atoms with van der Waals surface area (Å²) in [6.45, 7) is 2.60. The molecule has 1 aromatic heterocycles. The number of amides is 1. The lowest BCUT2D eigenvalue weighted by Crippen LogP contribution is -2.35. The van der Waals surface area contributed by atoms with Gasteiger partial charge in [0.15, 0.2) is 0 Å². The van der Waals surface area contributed by atoms with E-state index in [1.165, 1.54) is 6.20 Å². The molecule has 0 radical (unpaired) electrons. The molecule has 140 valence electrons. The molecule has 2 saturated heterocycles. The number of nitrogens with zero attached hydrogens (tertiary/aromatic N) is 3. The first-order valence-electron chi connectivity index (χ1n) is 8.43. The minimum absolute atomic E-state index is 0. The summed E-state index contributed by atoms with van der Waals surface area (Å²) in [6, 6.07) is 8.03. The second kappa shape index (κ2) is 7.47. The van der Waals surface area contributed by atoms with E-state index in [-0.39, 0.29) is 24.4 Å². The van der Waals surface area contributed by atoms with Gasteiger partial charge in [0.25, 0.3) is 5.91 Å². The lowest BCUT2D eigenvalue weighted by atomic mass is 9.89. The van der Waals surface area contributed by atoms with Crippen LogP contribution in [-0.4, -0.2) is 47.3 Å². The van der Waals surface area contributed by atoms with Crippen LogP contribution in [0.15, 0.2) is 30.5 Å². The van der Waals surface area contributed by atoms with Gasteiger partial charge in [0.2, 0.25) is 0 Å².